The Morgan fingerprint density at radius 2 is 1.88 bits per heavy atom. The second-order valence-electron chi connectivity index (χ2n) is 5.02. The maximum Gasteiger partial charge on any atom is 0.416 e. The summed E-state index contributed by atoms with van der Waals surface area (Å²) in [5.74, 6) is 0.360. The second-order valence-corrected chi connectivity index (χ2v) is 6.78. The summed E-state index contributed by atoms with van der Waals surface area (Å²) in [7, 11) is 0. The zero-order valence-electron chi connectivity index (χ0n) is 14.2. The van der Waals surface area contributed by atoms with Crippen LogP contribution in [0.4, 0.5) is 9.18 Å². The molecule has 0 saturated carbocycles. The van der Waals surface area contributed by atoms with Crippen molar-refractivity contribution in [2.45, 2.75) is 31.4 Å². The van der Waals surface area contributed by atoms with E-state index in [0.717, 1.165) is 0 Å². The van der Waals surface area contributed by atoms with Crippen molar-refractivity contribution in [3.05, 3.63) is 39.8 Å². The standard InChI is InChI=1S/C16H17Cl2FN4O2S/c1-3-23(4-2)16(24)25-14-5-10(6-19)21-15(22-14)26-9-11-12(17)7-20-8-13(11)18/h5,7-8H,3-4,6,9H2,1-2H3. The largest absolute Gasteiger partial charge is 0.416 e. The number of aromatic nitrogens is 3. The van der Waals surface area contributed by atoms with E-state index < -0.39 is 12.8 Å². The smallest absolute Gasteiger partial charge is 0.391 e. The van der Waals surface area contributed by atoms with E-state index in [1.54, 1.807) is 0 Å². The molecule has 0 atom stereocenters. The molecule has 10 heteroatoms. The molecule has 0 spiro atoms. The van der Waals surface area contributed by atoms with Gasteiger partial charge in [0.2, 0.25) is 5.88 Å². The number of ether oxygens (including phenoxy) is 1. The van der Waals surface area contributed by atoms with Gasteiger partial charge in [0, 0.05) is 42.9 Å². The van der Waals surface area contributed by atoms with Gasteiger partial charge in [-0.25, -0.2) is 14.2 Å². The van der Waals surface area contributed by atoms with Crippen molar-refractivity contribution in [3.63, 3.8) is 0 Å². The molecule has 0 bridgehead atoms. The van der Waals surface area contributed by atoms with Gasteiger partial charge in [-0.05, 0) is 13.8 Å². The van der Waals surface area contributed by atoms with E-state index in [-0.39, 0.29) is 16.7 Å². The predicted molar refractivity (Wildman–Crippen MR) is 99.6 cm³/mol. The molecule has 0 fully saturated rings. The van der Waals surface area contributed by atoms with E-state index in [0.29, 0.717) is 34.5 Å². The van der Waals surface area contributed by atoms with Crippen LogP contribution in [0.2, 0.25) is 10.0 Å². The first-order valence-electron chi connectivity index (χ1n) is 7.79. The quantitative estimate of drug-likeness (QED) is 0.475. The van der Waals surface area contributed by atoms with Crippen molar-refractivity contribution in [1.29, 1.82) is 0 Å². The maximum atomic E-state index is 13.1. The molecule has 0 aliphatic carbocycles. The Morgan fingerprint density at radius 3 is 2.46 bits per heavy atom. The number of rotatable bonds is 7. The second kappa shape index (κ2) is 9.89. The molecule has 1 amide bonds. The molecule has 2 rings (SSSR count). The summed E-state index contributed by atoms with van der Waals surface area (Å²) in [5, 5.41) is 1.09. The predicted octanol–water partition coefficient (Wildman–Crippen LogP) is 4.78. The fourth-order valence-electron chi connectivity index (χ4n) is 1.98. The molecule has 2 aromatic rings. The van der Waals surface area contributed by atoms with E-state index in [1.165, 1.54) is 35.1 Å². The van der Waals surface area contributed by atoms with Crippen LogP contribution in [-0.4, -0.2) is 39.0 Å². The molecule has 6 nitrogen and oxygen atoms in total. The average molecular weight is 419 g/mol. The number of carbonyl (C=O) groups is 1. The van der Waals surface area contributed by atoms with E-state index in [9.17, 15) is 9.18 Å². The molecule has 0 unspecified atom stereocenters. The Hall–Kier alpha value is -1.64. The summed E-state index contributed by atoms with van der Waals surface area (Å²) in [6, 6.07) is 1.30. The van der Waals surface area contributed by atoms with Gasteiger partial charge in [-0.2, -0.15) is 4.98 Å². The van der Waals surface area contributed by atoms with Gasteiger partial charge in [0.25, 0.3) is 0 Å². The first-order valence-corrected chi connectivity index (χ1v) is 9.53. The molecular formula is C16H17Cl2FN4O2S. The van der Waals surface area contributed by atoms with Gasteiger partial charge in [-0.15, -0.1) is 0 Å². The van der Waals surface area contributed by atoms with Crippen LogP contribution in [0.3, 0.4) is 0 Å². The molecule has 0 aliphatic rings. The number of carbonyl (C=O) groups excluding carboxylic acids is 1. The normalized spacial score (nSPS) is 10.7. The Bertz CT molecular complexity index is 758. The van der Waals surface area contributed by atoms with Gasteiger partial charge in [0.1, 0.15) is 6.67 Å². The third-order valence-electron chi connectivity index (χ3n) is 3.38. The van der Waals surface area contributed by atoms with Crippen molar-refractivity contribution < 1.29 is 13.9 Å². The average Bonchev–Trinajstić information content (AvgIpc) is 2.62. The van der Waals surface area contributed by atoms with Gasteiger partial charge < -0.3 is 9.64 Å². The molecule has 140 valence electrons. The zero-order chi connectivity index (χ0) is 19.1. The first-order chi connectivity index (χ1) is 12.5. The number of hydrogen-bond acceptors (Lipinski definition) is 6. The Morgan fingerprint density at radius 1 is 1.23 bits per heavy atom. The van der Waals surface area contributed by atoms with Crippen molar-refractivity contribution in [3.8, 4) is 5.88 Å². The van der Waals surface area contributed by atoms with Crippen LogP contribution in [0.1, 0.15) is 25.1 Å². The number of halogens is 3. The molecule has 2 heterocycles. The van der Waals surface area contributed by atoms with E-state index in [4.69, 9.17) is 27.9 Å². The lowest BCUT2D eigenvalue weighted by atomic mass is 10.3. The molecule has 0 saturated heterocycles. The van der Waals surface area contributed by atoms with Crippen LogP contribution in [0.5, 0.6) is 5.88 Å². The van der Waals surface area contributed by atoms with Gasteiger partial charge in [0.15, 0.2) is 5.16 Å². The van der Waals surface area contributed by atoms with Gasteiger partial charge in [-0.1, -0.05) is 35.0 Å². The third-order valence-corrected chi connectivity index (χ3v) is 4.91. The molecule has 0 aliphatic heterocycles. The summed E-state index contributed by atoms with van der Waals surface area (Å²) in [4.78, 5) is 25.7. The minimum atomic E-state index is -0.803. The highest BCUT2D eigenvalue weighted by molar-refractivity contribution is 7.98. The number of pyridine rings is 1. The zero-order valence-corrected chi connectivity index (χ0v) is 16.5. The van der Waals surface area contributed by atoms with Crippen LogP contribution in [0, 0.1) is 0 Å². The summed E-state index contributed by atoms with van der Waals surface area (Å²) in [6.45, 7) is 3.86. The van der Waals surface area contributed by atoms with Gasteiger partial charge in [0.05, 0.1) is 15.7 Å². The summed E-state index contributed by atoms with van der Waals surface area (Å²) >= 11 is 13.4. The summed E-state index contributed by atoms with van der Waals surface area (Å²) in [5.41, 5.74) is 0.793. The topological polar surface area (TPSA) is 68.2 Å². The van der Waals surface area contributed by atoms with Crippen LogP contribution in [0.15, 0.2) is 23.6 Å². The van der Waals surface area contributed by atoms with Gasteiger partial charge >= 0.3 is 6.09 Å². The lowest BCUT2D eigenvalue weighted by Crippen LogP contribution is -2.33. The molecular weight excluding hydrogens is 402 g/mol. The highest BCUT2D eigenvalue weighted by Crippen LogP contribution is 2.30. The molecule has 0 N–H and O–H groups in total. The number of nitrogens with zero attached hydrogens (tertiary/aromatic N) is 4. The monoisotopic (exact) mass is 418 g/mol. The SMILES string of the molecule is CCN(CC)C(=O)Oc1cc(CF)nc(SCc2c(Cl)cncc2Cl)n1. The third kappa shape index (κ3) is 5.43. The maximum absolute atomic E-state index is 13.1. The Kier molecular flexibility index (Phi) is 7.86. The number of amides is 1. The van der Waals surface area contributed by atoms with Crippen molar-refractivity contribution >= 4 is 41.1 Å². The molecule has 2 aromatic heterocycles. The lowest BCUT2D eigenvalue weighted by molar-refractivity contribution is 0.155. The van der Waals surface area contributed by atoms with Crippen LogP contribution >= 0.6 is 35.0 Å². The highest BCUT2D eigenvalue weighted by atomic mass is 35.5. The first kappa shape index (κ1) is 20.7. The minimum Gasteiger partial charge on any atom is -0.391 e. The van der Waals surface area contributed by atoms with E-state index in [2.05, 4.69) is 15.0 Å². The van der Waals surface area contributed by atoms with Crippen molar-refractivity contribution in [2.75, 3.05) is 13.1 Å². The Labute approximate surface area is 165 Å². The van der Waals surface area contributed by atoms with Crippen molar-refractivity contribution in [1.82, 2.24) is 19.9 Å². The number of thioether (sulfide) groups is 1. The molecule has 0 aromatic carbocycles. The fourth-order valence-corrected chi connectivity index (χ4v) is 3.56. The van der Waals surface area contributed by atoms with Crippen LogP contribution < -0.4 is 4.74 Å². The Balaban J connectivity index is 2.17. The fraction of sp³-hybridized carbons (Fsp3) is 0.375. The number of hydrogen-bond donors (Lipinski definition) is 0. The summed E-state index contributed by atoms with van der Waals surface area (Å²) < 4.78 is 18.3. The van der Waals surface area contributed by atoms with Crippen LogP contribution in [0.25, 0.3) is 0 Å². The van der Waals surface area contributed by atoms with E-state index in [1.807, 2.05) is 13.8 Å². The van der Waals surface area contributed by atoms with E-state index >= 15 is 0 Å². The lowest BCUT2D eigenvalue weighted by Gasteiger charge is -2.17. The minimum absolute atomic E-state index is 0.000952. The highest BCUT2D eigenvalue weighted by Gasteiger charge is 2.16. The van der Waals surface area contributed by atoms with Crippen LogP contribution in [-0.2, 0) is 12.4 Å². The number of alkyl halides is 1. The summed E-state index contributed by atoms with van der Waals surface area (Å²) in [6.07, 6.45) is 2.42. The van der Waals surface area contributed by atoms with Gasteiger partial charge in [-0.3, -0.25) is 4.98 Å². The van der Waals surface area contributed by atoms with Crippen molar-refractivity contribution in [2.24, 2.45) is 0 Å². The molecule has 26 heavy (non-hydrogen) atoms. The molecule has 0 radical (unpaired) electrons.